The highest BCUT2D eigenvalue weighted by Crippen LogP contribution is 2.50. The lowest BCUT2D eigenvalue weighted by atomic mass is 9.85. The van der Waals surface area contributed by atoms with Crippen molar-refractivity contribution in [2.45, 2.75) is 65.2 Å². The maximum atomic E-state index is 9.56. The van der Waals surface area contributed by atoms with Crippen molar-refractivity contribution in [1.82, 2.24) is 0 Å². The normalized spacial score (nSPS) is 14.0. The van der Waals surface area contributed by atoms with Crippen LogP contribution in [0.3, 0.4) is 0 Å². The van der Waals surface area contributed by atoms with E-state index < -0.39 is 0 Å². The molecule has 4 nitrogen and oxygen atoms in total. The van der Waals surface area contributed by atoms with Gasteiger partial charge in [0.25, 0.3) is 0 Å². The standard InChI is InChI=1S/C26H38N2O2/c1-25(2,3)19-9-11-21-23(17-19)28(14-8-16-30)24-18-20(26(4,5)6)10-12-22(24)27(21)13-7-15-29/h9-12,17-18,29-30H,7-8,13-16H2,1-6H3. The van der Waals surface area contributed by atoms with Crippen LogP contribution >= 0.6 is 0 Å². The first-order valence-corrected chi connectivity index (χ1v) is 11.1. The molecule has 1 heterocycles. The summed E-state index contributed by atoms with van der Waals surface area (Å²) in [5.74, 6) is 0. The molecule has 2 aromatic carbocycles. The van der Waals surface area contributed by atoms with Gasteiger partial charge in [-0.1, -0.05) is 53.7 Å². The second kappa shape index (κ2) is 8.60. The molecule has 164 valence electrons. The van der Waals surface area contributed by atoms with Crippen LogP contribution in [-0.2, 0) is 10.8 Å². The van der Waals surface area contributed by atoms with E-state index >= 15 is 0 Å². The van der Waals surface area contributed by atoms with Gasteiger partial charge in [0.05, 0.1) is 22.7 Å². The minimum Gasteiger partial charge on any atom is -0.396 e. The van der Waals surface area contributed by atoms with E-state index in [1.165, 1.54) is 33.9 Å². The smallest absolute Gasteiger partial charge is 0.0655 e. The Kier molecular flexibility index (Phi) is 6.49. The zero-order chi connectivity index (χ0) is 22.1. The van der Waals surface area contributed by atoms with Crippen LogP contribution in [0.2, 0.25) is 0 Å². The van der Waals surface area contributed by atoms with Crippen LogP contribution in [0, 0.1) is 0 Å². The van der Waals surface area contributed by atoms with Gasteiger partial charge < -0.3 is 20.0 Å². The lowest BCUT2D eigenvalue weighted by molar-refractivity contribution is 0.290. The van der Waals surface area contributed by atoms with E-state index in [9.17, 15) is 10.2 Å². The van der Waals surface area contributed by atoms with E-state index in [4.69, 9.17) is 0 Å². The Balaban J connectivity index is 2.22. The zero-order valence-electron chi connectivity index (χ0n) is 19.5. The van der Waals surface area contributed by atoms with Gasteiger partial charge in [-0.25, -0.2) is 0 Å². The van der Waals surface area contributed by atoms with Gasteiger partial charge in [0.15, 0.2) is 0 Å². The second-order valence-corrected chi connectivity index (χ2v) is 10.4. The first kappa shape index (κ1) is 22.6. The highest BCUT2D eigenvalue weighted by Gasteiger charge is 2.30. The molecule has 0 amide bonds. The van der Waals surface area contributed by atoms with Gasteiger partial charge in [-0.3, -0.25) is 0 Å². The molecule has 0 bridgehead atoms. The molecule has 0 saturated carbocycles. The van der Waals surface area contributed by atoms with Crippen molar-refractivity contribution in [2.75, 3.05) is 36.1 Å². The number of nitrogens with zero attached hydrogens (tertiary/aromatic N) is 2. The van der Waals surface area contributed by atoms with Crippen LogP contribution in [0.5, 0.6) is 0 Å². The molecule has 2 N–H and O–H groups in total. The molecule has 0 saturated heterocycles. The summed E-state index contributed by atoms with van der Waals surface area (Å²) in [6.45, 7) is 15.3. The van der Waals surface area contributed by atoms with Gasteiger partial charge in [0.1, 0.15) is 0 Å². The number of aliphatic hydroxyl groups is 2. The number of hydrogen-bond acceptors (Lipinski definition) is 4. The van der Waals surface area contributed by atoms with Crippen molar-refractivity contribution in [2.24, 2.45) is 0 Å². The number of hydrogen-bond donors (Lipinski definition) is 2. The van der Waals surface area contributed by atoms with Crippen molar-refractivity contribution >= 4 is 22.7 Å². The lowest BCUT2D eigenvalue weighted by Gasteiger charge is -2.42. The van der Waals surface area contributed by atoms with E-state index in [1.807, 2.05) is 0 Å². The molecule has 0 atom stereocenters. The van der Waals surface area contributed by atoms with Crippen LogP contribution in [0.4, 0.5) is 22.7 Å². The molecular weight excluding hydrogens is 372 g/mol. The topological polar surface area (TPSA) is 46.9 Å². The predicted octanol–water partition coefficient (Wildman–Crippen LogP) is 5.64. The lowest BCUT2D eigenvalue weighted by Crippen LogP contribution is -2.32. The van der Waals surface area contributed by atoms with Crippen molar-refractivity contribution in [1.29, 1.82) is 0 Å². The maximum Gasteiger partial charge on any atom is 0.0655 e. The fraction of sp³-hybridized carbons (Fsp3) is 0.538. The molecule has 0 aromatic heterocycles. The Morgan fingerprint density at radius 2 is 0.967 bits per heavy atom. The van der Waals surface area contributed by atoms with E-state index in [-0.39, 0.29) is 24.0 Å². The largest absolute Gasteiger partial charge is 0.396 e. The summed E-state index contributed by atoms with van der Waals surface area (Å²) in [7, 11) is 0. The molecule has 1 aliphatic rings. The summed E-state index contributed by atoms with van der Waals surface area (Å²) < 4.78 is 0. The molecule has 0 aliphatic carbocycles. The van der Waals surface area contributed by atoms with Crippen molar-refractivity contribution < 1.29 is 10.2 Å². The summed E-state index contributed by atoms with van der Waals surface area (Å²) in [5.41, 5.74) is 7.43. The average molecular weight is 411 g/mol. The van der Waals surface area contributed by atoms with Gasteiger partial charge in [-0.05, 0) is 59.1 Å². The van der Waals surface area contributed by atoms with Crippen molar-refractivity contribution in [3.63, 3.8) is 0 Å². The van der Waals surface area contributed by atoms with Crippen LogP contribution in [0.1, 0.15) is 65.5 Å². The Morgan fingerprint density at radius 3 is 1.30 bits per heavy atom. The monoisotopic (exact) mass is 410 g/mol. The quantitative estimate of drug-likeness (QED) is 0.647. The van der Waals surface area contributed by atoms with Gasteiger partial charge in [-0.2, -0.15) is 0 Å². The molecule has 3 rings (SSSR count). The number of benzene rings is 2. The number of anilines is 4. The van der Waals surface area contributed by atoms with Crippen LogP contribution in [0.25, 0.3) is 0 Å². The van der Waals surface area contributed by atoms with Gasteiger partial charge in [0.2, 0.25) is 0 Å². The first-order valence-electron chi connectivity index (χ1n) is 11.1. The minimum absolute atomic E-state index is 0.0567. The molecule has 0 spiro atoms. The summed E-state index contributed by atoms with van der Waals surface area (Å²) in [6, 6.07) is 13.5. The number of aliphatic hydroxyl groups excluding tert-OH is 2. The zero-order valence-corrected chi connectivity index (χ0v) is 19.5. The third-order valence-electron chi connectivity index (χ3n) is 5.93. The third kappa shape index (κ3) is 4.50. The molecule has 0 unspecified atom stereocenters. The summed E-state index contributed by atoms with van der Waals surface area (Å²) in [4.78, 5) is 4.72. The Labute approximate surface area is 182 Å². The number of rotatable bonds is 6. The fourth-order valence-electron chi connectivity index (χ4n) is 4.07. The van der Waals surface area contributed by atoms with Crippen LogP contribution in [0.15, 0.2) is 36.4 Å². The number of fused-ring (bicyclic) bond motifs is 2. The summed E-state index contributed by atoms with van der Waals surface area (Å²) >= 11 is 0. The van der Waals surface area contributed by atoms with Crippen LogP contribution in [-0.4, -0.2) is 36.5 Å². The van der Waals surface area contributed by atoms with Gasteiger partial charge >= 0.3 is 0 Å². The maximum absolute atomic E-state index is 9.56. The SMILES string of the molecule is CC(C)(C)c1ccc2c(c1)N(CCCO)c1cc(C(C)(C)C)ccc1N2CCCO. The van der Waals surface area contributed by atoms with Crippen molar-refractivity contribution in [3.8, 4) is 0 Å². The molecule has 1 aliphatic heterocycles. The second-order valence-electron chi connectivity index (χ2n) is 10.4. The summed E-state index contributed by atoms with van der Waals surface area (Å²) in [5, 5.41) is 19.1. The fourth-order valence-corrected chi connectivity index (χ4v) is 4.07. The van der Waals surface area contributed by atoms with E-state index in [1.54, 1.807) is 0 Å². The molecule has 0 fully saturated rings. The molecule has 4 heteroatoms. The molecule has 2 aromatic rings. The Hall–Kier alpha value is -2.04. The Bertz CT molecular complexity index is 812. The van der Waals surface area contributed by atoms with Gasteiger partial charge in [-0.15, -0.1) is 0 Å². The highest BCUT2D eigenvalue weighted by atomic mass is 16.3. The average Bonchev–Trinajstić information content (AvgIpc) is 2.68. The molecule has 30 heavy (non-hydrogen) atoms. The predicted molar refractivity (Wildman–Crippen MR) is 128 cm³/mol. The van der Waals surface area contributed by atoms with Crippen LogP contribution < -0.4 is 9.80 Å². The molecule has 0 radical (unpaired) electrons. The minimum atomic E-state index is 0.0567. The highest BCUT2D eigenvalue weighted by molar-refractivity contribution is 5.93. The third-order valence-corrected chi connectivity index (χ3v) is 5.93. The van der Waals surface area contributed by atoms with Gasteiger partial charge in [0, 0.05) is 26.3 Å². The van der Waals surface area contributed by atoms with E-state index in [0.717, 1.165) is 25.9 Å². The first-order chi connectivity index (χ1) is 14.1. The summed E-state index contributed by atoms with van der Waals surface area (Å²) in [6.07, 6.45) is 1.44. The van der Waals surface area contributed by atoms with E-state index in [2.05, 4.69) is 87.7 Å². The molecular formula is C26H38N2O2. The van der Waals surface area contributed by atoms with Crippen molar-refractivity contribution in [3.05, 3.63) is 47.5 Å². The Morgan fingerprint density at radius 1 is 0.600 bits per heavy atom. The van der Waals surface area contributed by atoms with E-state index in [0.29, 0.717) is 0 Å².